The molecule has 1 amide bonds. The van der Waals surface area contributed by atoms with E-state index in [1.54, 1.807) is 18.2 Å². The van der Waals surface area contributed by atoms with Crippen LogP contribution in [0.5, 0.6) is 0 Å². The van der Waals surface area contributed by atoms with Crippen LogP contribution in [0.25, 0.3) is 10.2 Å². The molecular formula is C15H12FN3OS. The highest BCUT2D eigenvalue weighted by Gasteiger charge is 2.09. The molecule has 0 spiro atoms. The smallest absolute Gasteiger partial charge is 0.230 e. The van der Waals surface area contributed by atoms with Crippen LogP contribution in [-0.2, 0) is 11.2 Å². The minimum Gasteiger partial charge on any atom is -0.399 e. The maximum atomic E-state index is 12.8. The summed E-state index contributed by atoms with van der Waals surface area (Å²) in [5.74, 6) is -0.503. The Morgan fingerprint density at radius 1 is 1.24 bits per heavy atom. The monoisotopic (exact) mass is 301 g/mol. The van der Waals surface area contributed by atoms with Gasteiger partial charge in [-0.3, -0.25) is 4.79 Å². The first-order valence-corrected chi connectivity index (χ1v) is 7.12. The lowest BCUT2D eigenvalue weighted by Gasteiger charge is -2.01. The lowest BCUT2D eigenvalue weighted by molar-refractivity contribution is -0.115. The van der Waals surface area contributed by atoms with E-state index in [1.165, 1.54) is 23.5 Å². The number of amides is 1. The minimum absolute atomic E-state index is 0.179. The molecule has 0 aliphatic carbocycles. The molecule has 0 aliphatic rings. The fraction of sp³-hybridized carbons (Fsp3) is 0.0667. The standard InChI is InChI=1S/C15H12FN3OS/c16-10-3-1-9(2-4-10)7-14(20)19-15-18-12-6-5-11(17)8-13(12)21-15/h1-6,8H,7,17H2,(H,18,19,20). The first kappa shape index (κ1) is 13.5. The van der Waals surface area contributed by atoms with Gasteiger partial charge in [-0.25, -0.2) is 9.37 Å². The number of thiazole rings is 1. The predicted octanol–water partition coefficient (Wildman–Crippen LogP) is 3.20. The summed E-state index contributed by atoms with van der Waals surface area (Å²) in [6.07, 6.45) is 0.179. The van der Waals surface area contributed by atoms with E-state index in [-0.39, 0.29) is 18.1 Å². The van der Waals surface area contributed by atoms with Gasteiger partial charge in [0.2, 0.25) is 5.91 Å². The maximum Gasteiger partial charge on any atom is 0.230 e. The summed E-state index contributed by atoms with van der Waals surface area (Å²) < 4.78 is 13.7. The number of nitrogens with two attached hydrogens (primary N) is 1. The molecule has 106 valence electrons. The average Bonchev–Trinajstić information content (AvgIpc) is 2.82. The number of carbonyl (C=O) groups excluding carboxylic acids is 1. The van der Waals surface area contributed by atoms with Crippen LogP contribution >= 0.6 is 11.3 Å². The maximum absolute atomic E-state index is 12.8. The van der Waals surface area contributed by atoms with E-state index < -0.39 is 0 Å². The fourth-order valence-electron chi connectivity index (χ4n) is 1.95. The lowest BCUT2D eigenvalue weighted by atomic mass is 10.1. The van der Waals surface area contributed by atoms with Crippen LogP contribution in [0.4, 0.5) is 15.2 Å². The van der Waals surface area contributed by atoms with Gasteiger partial charge >= 0.3 is 0 Å². The summed E-state index contributed by atoms with van der Waals surface area (Å²) in [6.45, 7) is 0. The van der Waals surface area contributed by atoms with Gasteiger partial charge in [0.15, 0.2) is 5.13 Å². The van der Waals surface area contributed by atoms with Crippen molar-refractivity contribution in [2.75, 3.05) is 11.1 Å². The summed E-state index contributed by atoms with van der Waals surface area (Å²) in [5.41, 5.74) is 7.92. The molecule has 0 fully saturated rings. The highest BCUT2D eigenvalue weighted by Crippen LogP contribution is 2.27. The van der Waals surface area contributed by atoms with E-state index in [4.69, 9.17) is 5.73 Å². The molecule has 1 aromatic heterocycles. The summed E-state index contributed by atoms with van der Waals surface area (Å²) >= 11 is 1.37. The van der Waals surface area contributed by atoms with Gasteiger partial charge in [0, 0.05) is 5.69 Å². The summed E-state index contributed by atoms with van der Waals surface area (Å²) in [6, 6.07) is 11.3. The van der Waals surface area contributed by atoms with E-state index in [0.717, 1.165) is 15.8 Å². The molecule has 0 atom stereocenters. The van der Waals surface area contributed by atoms with Gasteiger partial charge in [-0.05, 0) is 35.9 Å². The van der Waals surface area contributed by atoms with Gasteiger partial charge < -0.3 is 11.1 Å². The normalized spacial score (nSPS) is 10.7. The number of benzene rings is 2. The summed E-state index contributed by atoms with van der Waals surface area (Å²) in [4.78, 5) is 16.3. The number of aromatic nitrogens is 1. The van der Waals surface area contributed by atoms with Crippen LogP contribution in [0, 0.1) is 5.82 Å². The molecule has 3 N–H and O–H groups in total. The number of nitrogen functional groups attached to an aromatic ring is 1. The zero-order valence-corrected chi connectivity index (χ0v) is 11.8. The topological polar surface area (TPSA) is 68.0 Å². The second-order valence-electron chi connectivity index (χ2n) is 4.60. The Morgan fingerprint density at radius 2 is 2.00 bits per heavy atom. The molecule has 0 saturated heterocycles. The lowest BCUT2D eigenvalue weighted by Crippen LogP contribution is -2.14. The van der Waals surface area contributed by atoms with E-state index in [2.05, 4.69) is 10.3 Å². The number of nitrogens with one attached hydrogen (secondary N) is 1. The van der Waals surface area contributed by atoms with Crippen molar-refractivity contribution in [3.63, 3.8) is 0 Å². The summed E-state index contributed by atoms with van der Waals surface area (Å²) in [5, 5.41) is 3.28. The Labute approximate surface area is 124 Å². The number of hydrogen-bond donors (Lipinski definition) is 2. The van der Waals surface area contributed by atoms with Crippen molar-refractivity contribution in [1.29, 1.82) is 0 Å². The van der Waals surface area contributed by atoms with Crippen LogP contribution in [0.3, 0.4) is 0 Å². The van der Waals surface area contributed by atoms with Gasteiger partial charge in [0.05, 0.1) is 16.6 Å². The van der Waals surface area contributed by atoms with E-state index in [1.807, 2.05) is 12.1 Å². The molecule has 3 rings (SSSR count). The Kier molecular flexibility index (Phi) is 3.53. The SMILES string of the molecule is Nc1ccc2nc(NC(=O)Cc3ccc(F)cc3)sc2c1. The predicted molar refractivity (Wildman–Crippen MR) is 82.8 cm³/mol. The molecule has 3 aromatic rings. The molecule has 6 heteroatoms. The van der Waals surface area contributed by atoms with Gasteiger partial charge in [-0.15, -0.1) is 0 Å². The molecule has 4 nitrogen and oxygen atoms in total. The Bertz CT molecular complexity index is 798. The van der Waals surface area contributed by atoms with Crippen molar-refractivity contribution in [2.24, 2.45) is 0 Å². The number of hydrogen-bond acceptors (Lipinski definition) is 4. The molecule has 1 heterocycles. The van der Waals surface area contributed by atoms with E-state index in [9.17, 15) is 9.18 Å². The third-order valence-corrected chi connectivity index (χ3v) is 3.87. The third-order valence-electron chi connectivity index (χ3n) is 2.94. The molecule has 0 radical (unpaired) electrons. The average molecular weight is 301 g/mol. The van der Waals surface area contributed by atoms with Crippen LogP contribution in [0.15, 0.2) is 42.5 Å². The van der Waals surface area contributed by atoms with Crippen LogP contribution < -0.4 is 11.1 Å². The quantitative estimate of drug-likeness (QED) is 0.730. The minimum atomic E-state index is -0.317. The van der Waals surface area contributed by atoms with Crippen LogP contribution in [0.2, 0.25) is 0 Å². The number of carbonyl (C=O) groups is 1. The van der Waals surface area contributed by atoms with Gasteiger partial charge in [0.25, 0.3) is 0 Å². The molecule has 0 saturated carbocycles. The highest BCUT2D eigenvalue weighted by molar-refractivity contribution is 7.22. The van der Waals surface area contributed by atoms with Gasteiger partial charge in [-0.1, -0.05) is 23.5 Å². The highest BCUT2D eigenvalue weighted by atomic mass is 32.1. The molecular weight excluding hydrogens is 289 g/mol. The van der Waals surface area contributed by atoms with E-state index in [0.29, 0.717) is 10.8 Å². The second kappa shape index (κ2) is 5.49. The third kappa shape index (κ3) is 3.17. The number of nitrogens with zero attached hydrogens (tertiary/aromatic N) is 1. The van der Waals surface area contributed by atoms with Crippen molar-refractivity contribution in [2.45, 2.75) is 6.42 Å². The van der Waals surface area contributed by atoms with Crippen molar-refractivity contribution in [3.8, 4) is 0 Å². The summed E-state index contributed by atoms with van der Waals surface area (Å²) in [7, 11) is 0. The zero-order chi connectivity index (χ0) is 14.8. The van der Waals surface area contributed by atoms with Crippen LogP contribution in [-0.4, -0.2) is 10.9 Å². The van der Waals surface area contributed by atoms with Gasteiger partial charge in [0.1, 0.15) is 5.82 Å². The number of anilines is 2. The first-order valence-electron chi connectivity index (χ1n) is 6.30. The Balaban J connectivity index is 1.72. The van der Waals surface area contributed by atoms with Crippen molar-refractivity contribution < 1.29 is 9.18 Å². The number of halogens is 1. The van der Waals surface area contributed by atoms with Crippen molar-refractivity contribution in [1.82, 2.24) is 4.98 Å². The molecule has 21 heavy (non-hydrogen) atoms. The number of rotatable bonds is 3. The fourth-order valence-corrected chi connectivity index (χ4v) is 2.88. The molecule has 2 aromatic carbocycles. The largest absolute Gasteiger partial charge is 0.399 e. The van der Waals surface area contributed by atoms with Crippen molar-refractivity contribution >= 4 is 38.3 Å². The van der Waals surface area contributed by atoms with E-state index >= 15 is 0 Å². The molecule has 0 bridgehead atoms. The molecule has 0 unspecified atom stereocenters. The molecule has 0 aliphatic heterocycles. The van der Waals surface area contributed by atoms with Crippen molar-refractivity contribution in [3.05, 3.63) is 53.8 Å². The number of fused-ring (bicyclic) bond motifs is 1. The van der Waals surface area contributed by atoms with Gasteiger partial charge in [-0.2, -0.15) is 0 Å². The Morgan fingerprint density at radius 3 is 2.76 bits per heavy atom. The Hall–Kier alpha value is -2.47. The van der Waals surface area contributed by atoms with Crippen LogP contribution in [0.1, 0.15) is 5.56 Å². The zero-order valence-electron chi connectivity index (χ0n) is 11.0. The second-order valence-corrected chi connectivity index (χ2v) is 5.63. The first-order chi connectivity index (χ1) is 10.1.